The molecule has 2 aromatic heterocycles. The van der Waals surface area contributed by atoms with Crippen LogP contribution in [0.15, 0.2) is 65.6 Å². The average molecular weight is 381 g/mol. The number of ether oxygens (including phenoxy) is 1. The number of fused-ring (bicyclic) bond motifs is 1. The van der Waals surface area contributed by atoms with E-state index in [1.165, 1.54) is 6.20 Å². The Hall–Kier alpha value is -3.58. The van der Waals surface area contributed by atoms with Gasteiger partial charge >= 0.3 is 5.69 Å². The fraction of sp³-hybridized carbons (Fsp3) is 0. The molecule has 8 heteroatoms. The van der Waals surface area contributed by atoms with Crippen molar-refractivity contribution in [3.8, 4) is 11.5 Å². The lowest BCUT2D eigenvalue weighted by Gasteiger charge is -2.09. The fourth-order valence-corrected chi connectivity index (χ4v) is 2.69. The number of hydrogen-bond donors (Lipinski definition) is 3. The highest BCUT2D eigenvalue weighted by Gasteiger charge is 2.10. The van der Waals surface area contributed by atoms with Gasteiger partial charge in [0, 0.05) is 34.6 Å². The van der Waals surface area contributed by atoms with Crippen molar-refractivity contribution < 1.29 is 9.53 Å². The molecule has 0 aliphatic heterocycles. The number of imidazole rings is 1. The number of halogens is 1. The van der Waals surface area contributed by atoms with Gasteiger partial charge in [0.1, 0.15) is 11.3 Å². The van der Waals surface area contributed by atoms with Crippen LogP contribution in [0.25, 0.3) is 11.2 Å². The van der Waals surface area contributed by atoms with Crippen molar-refractivity contribution in [3.63, 3.8) is 0 Å². The molecule has 0 saturated heterocycles. The number of aromatic amines is 2. The zero-order valence-electron chi connectivity index (χ0n) is 13.8. The Morgan fingerprint density at radius 3 is 2.70 bits per heavy atom. The summed E-state index contributed by atoms with van der Waals surface area (Å²) >= 11 is 5.84. The summed E-state index contributed by atoms with van der Waals surface area (Å²) in [6.45, 7) is 0. The number of amides is 1. The van der Waals surface area contributed by atoms with Gasteiger partial charge in [0.15, 0.2) is 11.4 Å². The molecule has 3 N–H and O–H groups in total. The van der Waals surface area contributed by atoms with Crippen LogP contribution in [0.2, 0.25) is 5.02 Å². The first kappa shape index (κ1) is 16.9. The molecule has 0 bridgehead atoms. The lowest BCUT2D eigenvalue weighted by Crippen LogP contribution is -2.11. The maximum Gasteiger partial charge on any atom is 0.325 e. The summed E-state index contributed by atoms with van der Waals surface area (Å²) in [6.07, 6.45) is 1.54. The van der Waals surface area contributed by atoms with Crippen LogP contribution >= 0.6 is 11.6 Å². The number of benzene rings is 2. The van der Waals surface area contributed by atoms with Gasteiger partial charge in [-0.3, -0.25) is 9.78 Å². The molecule has 27 heavy (non-hydrogen) atoms. The summed E-state index contributed by atoms with van der Waals surface area (Å²) in [7, 11) is 0. The molecule has 4 aromatic rings. The van der Waals surface area contributed by atoms with Crippen molar-refractivity contribution in [1.82, 2.24) is 15.0 Å². The number of H-pyrrole nitrogens is 2. The highest BCUT2D eigenvalue weighted by molar-refractivity contribution is 6.30. The number of carbonyl (C=O) groups is 1. The Morgan fingerprint density at radius 2 is 1.89 bits per heavy atom. The summed E-state index contributed by atoms with van der Waals surface area (Å²) in [5, 5.41) is 3.37. The van der Waals surface area contributed by atoms with E-state index in [4.69, 9.17) is 16.3 Å². The number of anilines is 1. The van der Waals surface area contributed by atoms with Gasteiger partial charge in [0.05, 0.1) is 0 Å². The molecule has 0 aliphatic carbocycles. The van der Waals surface area contributed by atoms with Crippen molar-refractivity contribution in [2.45, 2.75) is 0 Å². The van der Waals surface area contributed by atoms with Crippen LogP contribution in [0.3, 0.4) is 0 Å². The van der Waals surface area contributed by atoms with Crippen molar-refractivity contribution >= 4 is 34.4 Å². The van der Waals surface area contributed by atoms with Gasteiger partial charge in [0.25, 0.3) is 5.91 Å². The summed E-state index contributed by atoms with van der Waals surface area (Å²) in [5.41, 5.74) is 1.58. The number of pyridine rings is 1. The van der Waals surface area contributed by atoms with Crippen LogP contribution in [0, 0.1) is 0 Å². The molecule has 7 nitrogen and oxygen atoms in total. The van der Waals surface area contributed by atoms with Gasteiger partial charge in [-0.15, -0.1) is 0 Å². The third-order valence-electron chi connectivity index (χ3n) is 3.81. The van der Waals surface area contributed by atoms with E-state index in [1.807, 2.05) is 0 Å². The Kier molecular flexibility index (Phi) is 4.35. The number of carbonyl (C=O) groups excluding carboxylic acids is 1. The Morgan fingerprint density at radius 1 is 1.07 bits per heavy atom. The summed E-state index contributed by atoms with van der Waals surface area (Å²) in [6, 6.07) is 15.2. The first-order valence-electron chi connectivity index (χ1n) is 8.00. The first-order chi connectivity index (χ1) is 13.1. The van der Waals surface area contributed by atoms with Crippen LogP contribution < -0.4 is 15.7 Å². The molecule has 0 saturated carbocycles. The Balaban J connectivity index is 1.56. The van der Waals surface area contributed by atoms with Gasteiger partial charge in [-0.05, 0) is 36.4 Å². The lowest BCUT2D eigenvalue weighted by atomic mass is 10.2. The van der Waals surface area contributed by atoms with E-state index in [9.17, 15) is 9.59 Å². The van der Waals surface area contributed by atoms with E-state index >= 15 is 0 Å². The molecular weight excluding hydrogens is 368 g/mol. The summed E-state index contributed by atoms with van der Waals surface area (Å²) in [5.74, 6) is 0.683. The van der Waals surface area contributed by atoms with E-state index in [1.54, 1.807) is 54.6 Å². The molecule has 2 aromatic carbocycles. The lowest BCUT2D eigenvalue weighted by molar-refractivity contribution is 0.102. The predicted octanol–water partition coefficient (Wildman–Crippen LogP) is 3.95. The minimum Gasteiger partial charge on any atom is -0.455 e. The minimum absolute atomic E-state index is 0.259. The molecule has 134 valence electrons. The summed E-state index contributed by atoms with van der Waals surface area (Å²) in [4.78, 5) is 33.1. The van der Waals surface area contributed by atoms with Crippen molar-refractivity contribution in [1.29, 1.82) is 0 Å². The molecule has 2 heterocycles. The zero-order chi connectivity index (χ0) is 18.8. The second-order valence-corrected chi connectivity index (χ2v) is 6.14. The molecule has 0 aliphatic rings. The average Bonchev–Trinajstić information content (AvgIpc) is 3.04. The van der Waals surface area contributed by atoms with Crippen LogP contribution in [-0.4, -0.2) is 20.9 Å². The largest absolute Gasteiger partial charge is 0.455 e. The zero-order valence-corrected chi connectivity index (χ0v) is 14.6. The third kappa shape index (κ3) is 3.68. The van der Waals surface area contributed by atoms with Gasteiger partial charge in [-0.2, -0.15) is 0 Å². The first-order valence-corrected chi connectivity index (χ1v) is 8.38. The number of rotatable bonds is 4. The molecule has 0 atom stereocenters. The van der Waals surface area contributed by atoms with Gasteiger partial charge in [0.2, 0.25) is 0 Å². The summed E-state index contributed by atoms with van der Waals surface area (Å²) < 4.78 is 5.85. The highest BCUT2D eigenvalue weighted by atomic mass is 35.5. The van der Waals surface area contributed by atoms with Gasteiger partial charge in [-0.25, -0.2) is 9.78 Å². The van der Waals surface area contributed by atoms with E-state index in [0.717, 1.165) is 0 Å². The maximum absolute atomic E-state index is 12.3. The fourth-order valence-electron chi connectivity index (χ4n) is 2.57. The number of aromatic nitrogens is 3. The second kappa shape index (κ2) is 6.97. The van der Waals surface area contributed by atoms with E-state index in [-0.39, 0.29) is 11.6 Å². The monoisotopic (exact) mass is 380 g/mol. The smallest absolute Gasteiger partial charge is 0.325 e. The Bertz CT molecular complexity index is 1180. The second-order valence-electron chi connectivity index (χ2n) is 5.70. The SMILES string of the molecule is O=C(Nc1cccc(Oc2ccnc3[nH]c(=O)[nH]c23)c1)c1ccc(Cl)cc1. The number of hydrogen-bond acceptors (Lipinski definition) is 4. The highest BCUT2D eigenvalue weighted by Crippen LogP contribution is 2.28. The van der Waals surface area contributed by atoms with Gasteiger partial charge in [-0.1, -0.05) is 17.7 Å². The van der Waals surface area contributed by atoms with E-state index in [2.05, 4.69) is 20.3 Å². The molecule has 0 unspecified atom stereocenters. The molecule has 0 fully saturated rings. The number of nitrogens with one attached hydrogen (secondary N) is 3. The quantitative estimate of drug-likeness (QED) is 0.499. The molecule has 0 radical (unpaired) electrons. The topological polar surface area (TPSA) is 99.9 Å². The normalized spacial score (nSPS) is 10.7. The van der Waals surface area contributed by atoms with E-state index in [0.29, 0.717) is 38.9 Å². The maximum atomic E-state index is 12.3. The third-order valence-corrected chi connectivity index (χ3v) is 4.06. The van der Waals surface area contributed by atoms with Crippen LogP contribution in [0.5, 0.6) is 11.5 Å². The van der Waals surface area contributed by atoms with Crippen molar-refractivity contribution in [2.24, 2.45) is 0 Å². The minimum atomic E-state index is -0.363. The number of nitrogens with zero attached hydrogens (tertiary/aromatic N) is 1. The van der Waals surface area contributed by atoms with E-state index < -0.39 is 0 Å². The van der Waals surface area contributed by atoms with Crippen LogP contribution in [0.1, 0.15) is 10.4 Å². The molecule has 4 rings (SSSR count). The Labute approximate surface area is 158 Å². The van der Waals surface area contributed by atoms with Crippen LogP contribution in [-0.2, 0) is 0 Å². The van der Waals surface area contributed by atoms with Crippen molar-refractivity contribution in [2.75, 3.05) is 5.32 Å². The standard InChI is InChI=1S/C19H13ClN4O3/c20-12-6-4-11(5-7-12)18(25)22-13-2-1-3-14(10-13)27-15-8-9-21-17-16(15)23-19(26)24-17/h1-10H,(H,22,25)(H2,21,23,24,26). The predicted molar refractivity (Wildman–Crippen MR) is 103 cm³/mol. The van der Waals surface area contributed by atoms with Gasteiger partial charge < -0.3 is 15.0 Å². The molecule has 0 spiro atoms. The molecular formula is C19H13ClN4O3. The molecule has 1 amide bonds. The van der Waals surface area contributed by atoms with Crippen molar-refractivity contribution in [3.05, 3.63) is 81.9 Å². The van der Waals surface area contributed by atoms with Crippen LogP contribution in [0.4, 0.5) is 5.69 Å².